The van der Waals surface area contributed by atoms with E-state index in [1.54, 1.807) is 0 Å². The Hall–Kier alpha value is -2.82. The van der Waals surface area contributed by atoms with Gasteiger partial charge >= 0.3 is 0 Å². The van der Waals surface area contributed by atoms with Crippen LogP contribution in [0, 0.1) is 0 Å². The smallest absolute Gasteiger partial charge is 0.200 e. The van der Waals surface area contributed by atoms with Crippen molar-refractivity contribution >= 4 is 21.8 Å². The maximum Gasteiger partial charge on any atom is 0.200 e. The first kappa shape index (κ1) is 31.6. The van der Waals surface area contributed by atoms with Gasteiger partial charge in [-0.2, -0.15) is 0 Å². The molecule has 3 aromatic carbocycles. The van der Waals surface area contributed by atoms with Crippen LogP contribution in [-0.2, 0) is 20.3 Å². The molecule has 0 bridgehead atoms. The van der Waals surface area contributed by atoms with Gasteiger partial charge in [0, 0.05) is 23.8 Å². The van der Waals surface area contributed by atoms with Crippen LogP contribution >= 0.6 is 0 Å². The molecule has 4 nitrogen and oxygen atoms in total. The Morgan fingerprint density at radius 2 is 1.35 bits per heavy atom. The second-order valence-corrected chi connectivity index (χ2v) is 14.5. The van der Waals surface area contributed by atoms with Crippen LogP contribution in [0.25, 0.3) is 27.5 Å². The molecule has 2 atom stereocenters. The molecule has 1 aliphatic rings. The molecule has 1 aromatic heterocycles. The van der Waals surface area contributed by atoms with E-state index in [0.29, 0.717) is 6.61 Å². The highest BCUT2D eigenvalue weighted by atomic mass is 16.7. The van der Waals surface area contributed by atoms with Gasteiger partial charge in [0.1, 0.15) is 5.75 Å². The fraction of sp³-hybridized carbons (Fsp3) is 0.538. The minimum absolute atomic E-state index is 0.0473. The zero-order valence-corrected chi connectivity index (χ0v) is 27.7. The Kier molecular flexibility index (Phi) is 9.88. The fourth-order valence-corrected chi connectivity index (χ4v) is 6.15. The van der Waals surface area contributed by atoms with E-state index in [0.717, 1.165) is 37.3 Å². The summed E-state index contributed by atoms with van der Waals surface area (Å²) >= 11 is 0. The molecule has 0 spiro atoms. The topological polar surface area (TPSA) is 32.6 Å². The van der Waals surface area contributed by atoms with Crippen LogP contribution in [0.1, 0.15) is 111 Å². The molecule has 0 amide bonds. The first-order valence-corrected chi connectivity index (χ1v) is 16.6. The van der Waals surface area contributed by atoms with Crippen molar-refractivity contribution in [2.45, 2.75) is 123 Å². The van der Waals surface area contributed by atoms with Crippen LogP contribution < -0.4 is 4.74 Å². The molecule has 4 heteroatoms. The largest absolute Gasteiger partial charge is 0.463 e. The standard InChI is InChI=1S/C39H53NO3/c1-8-9-10-11-12-15-24-41-30-20-23-37(42-27-30)43-36-17-14-13-16-33(36)40-34-25-28(38(2,3)4)18-21-31(34)32-22-19-29(26-35(32)40)39(5,6)7/h13-14,16-19,21-22,25-26,30,37H,8-12,15,20,23-24,27H2,1-7H3. The third kappa shape index (κ3) is 7.46. The molecule has 1 fully saturated rings. The summed E-state index contributed by atoms with van der Waals surface area (Å²) in [5.74, 6) is 0.847. The zero-order valence-electron chi connectivity index (χ0n) is 27.7. The predicted molar refractivity (Wildman–Crippen MR) is 181 cm³/mol. The summed E-state index contributed by atoms with van der Waals surface area (Å²) in [6.07, 6.45) is 9.35. The number of para-hydroxylation sites is 2. The van der Waals surface area contributed by atoms with E-state index in [1.165, 1.54) is 65.0 Å². The fourth-order valence-electron chi connectivity index (χ4n) is 6.15. The third-order valence-corrected chi connectivity index (χ3v) is 8.91. The number of unbranched alkanes of at least 4 members (excludes halogenated alkanes) is 5. The van der Waals surface area contributed by atoms with Crippen molar-refractivity contribution in [2.75, 3.05) is 13.2 Å². The number of ether oxygens (including phenoxy) is 3. The summed E-state index contributed by atoms with van der Waals surface area (Å²) in [5.41, 5.74) is 6.19. The minimum Gasteiger partial charge on any atom is -0.463 e. The Bertz CT molecular complexity index is 1420. The van der Waals surface area contributed by atoms with Crippen molar-refractivity contribution in [1.29, 1.82) is 0 Å². The van der Waals surface area contributed by atoms with Crippen molar-refractivity contribution in [2.24, 2.45) is 0 Å². The number of hydrogen-bond donors (Lipinski definition) is 0. The lowest BCUT2D eigenvalue weighted by molar-refractivity contribution is -0.154. The van der Waals surface area contributed by atoms with Gasteiger partial charge in [0.2, 0.25) is 0 Å². The molecule has 0 saturated carbocycles. The molecule has 2 heterocycles. The summed E-state index contributed by atoms with van der Waals surface area (Å²) in [6.45, 7) is 17.3. The van der Waals surface area contributed by atoms with E-state index in [4.69, 9.17) is 14.2 Å². The van der Waals surface area contributed by atoms with Gasteiger partial charge in [0.05, 0.1) is 29.4 Å². The Morgan fingerprint density at radius 3 is 1.93 bits per heavy atom. The molecular weight excluding hydrogens is 530 g/mol. The lowest BCUT2D eigenvalue weighted by Crippen LogP contribution is -2.34. The van der Waals surface area contributed by atoms with Crippen molar-refractivity contribution in [3.63, 3.8) is 0 Å². The van der Waals surface area contributed by atoms with E-state index in [2.05, 4.69) is 114 Å². The van der Waals surface area contributed by atoms with E-state index < -0.39 is 0 Å². The maximum atomic E-state index is 6.63. The van der Waals surface area contributed by atoms with Gasteiger partial charge in [-0.3, -0.25) is 0 Å². The third-order valence-electron chi connectivity index (χ3n) is 8.91. The number of rotatable bonds is 11. The summed E-state index contributed by atoms with van der Waals surface area (Å²) in [7, 11) is 0. The summed E-state index contributed by atoms with van der Waals surface area (Å²) in [5, 5.41) is 2.52. The zero-order chi connectivity index (χ0) is 30.6. The molecular formula is C39H53NO3. The summed E-state index contributed by atoms with van der Waals surface area (Å²) < 4.78 is 21.4. The summed E-state index contributed by atoms with van der Waals surface area (Å²) in [6, 6.07) is 22.3. The van der Waals surface area contributed by atoms with Crippen LogP contribution in [0.2, 0.25) is 0 Å². The van der Waals surface area contributed by atoms with E-state index >= 15 is 0 Å². The lowest BCUT2D eigenvalue weighted by atomic mass is 9.86. The normalized spacial score (nSPS) is 18.0. The molecule has 4 aromatic rings. The van der Waals surface area contributed by atoms with Gasteiger partial charge in [-0.15, -0.1) is 0 Å². The van der Waals surface area contributed by atoms with Gasteiger partial charge in [-0.25, -0.2) is 0 Å². The number of aromatic nitrogens is 1. The van der Waals surface area contributed by atoms with Gasteiger partial charge in [-0.05, 0) is 59.1 Å². The molecule has 232 valence electrons. The quantitative estimate of drug-likeness (QED) is 0.165. The lowest BCUT2D eigenvalue weighted by Gasteiger charge is -2.30. The van der Waals surface area contributed by atoms with Crippen LogP contribution in [0.5, 0.6) is 5.75 Å². The van der Waals surface area contributed by atoms with E-state index in [1.807, 2.05) is 0 Å². The first-order chi connectivity index (χ1) is 20.6. The van der Waals surface area contributed by atoms with Gasteiger partial charge in [-0.1, -0.05) is 117 Å². The number of hydrogen-bond acceptors (Lipinski definition) is 3. The Balaban J connectivity index is 1.39. The van der Waals surface area contributed by atoms with Gasteiger partial charge in [0.15, 0.2) is 6.29 Å². The maximum absolute atomic E-state index is 6.63. The molecule has 43 heavy (non-hydrogen) atoms. The van der Waals surface area contributed by atoms with Gasteiger partial charge < -0.3 is 18.8 Å². The van der Waals surface area contributed by atoms with Crippen LogP contribution in [-0.4, -0.2) is 30.2 Å². The van der Waals surface area contributed by atoms with Crippen molar-refractivity contribution in [3.05, 3.63) is 71.8 Å². The average molecular weight is 584 g/mol. The molecule has 0 N–H and O–H groups in total. The molecule has 1 aliphatic heterocycles. The van der Waals surface area contributed by atoms with Crippen molar-refractivity contribution in [3.8, 4) is 11.4 Å². The van der Waals surface area contributed by atoms with E-state index in [-0.39, 0.29) is 23.2 Å². The highest BCUT2D eigenvalue weighted by Gasteiger charge is 2.26. The molecule has 0 aliphatic carbocycles. The van der Waals surface area contributed by atoms with Gasteiger partial charge in [0.25, 0.3) is 0 Å². The molecule has 2 unspecified atom stereocenters. The Morgan fingerprint density at radius 1 is 0.744 bits per heavy atom. The average Bonchev–Trinajstić information content (AvgIpc) is 3.30. The molecule has 1 saturated heterocycles. The molecule has 0 radical (unpaired) electrons. The highest BCUT2D eigenvalue weighted by Crippen LogP contribution is 2.39. The number of nitrogens with zero attached hydrogens (tertiary/aromatic N) is 1. The second-order valence-electron chi connectivity index (χ2n) is 14.5. The number of fused-ring (bicyclic) bond motifs is 3. The minimum atomic E-state index is -0.279. The molecule has 5 rings (SSSR count). The summed E-state index contributed by atoms with van der Waals surface area (Å²) in [4.78, 5) is 0. The first-order valence-electron chi connectivity index (χ1n) is 16.6. The SMILES string of the molecule is CCCCCCCCOC1CCC(Oc2ccccc2-n2c3cc(C(C)(C)C)ccc3c3ccc(C(C)(C)C)cc32)OC1. The van der Waals surface area contributed by atoms with Crippen LogP contribution in [0.4, 0.5) is 0 Å². The van der Waals surface area contributed by atoms with Crippen LogP contribution in [0.3, 0.4) is 0 Å². The van der Waals surface area contributed by atoms with Crippen LogP contribution in [0.15, 0.2) is 60.7 Å². The van der Waals surface area contributed by atoms with Crippen molar-refractivity contribution in [1.82, 2.24) is 4.57 Å². The monoisotopic (exact) mass is 583 g/mol. The highest BCUT2D eigenvalue weighted by molar-refractivity contribution is 6.10. The Labute approximate surface area is 259 Å². The van der Waals surface area contributed by atoms with E-state index in [9.17, 15) is 0 Å². The number of benzene rings is 3. The predicted octanol–water partition coefficient (Wildman–Crippen LogP) is 10.6. The van der Waals surface area contributed by atoms with Crippen molar-refractivity contribution < 1.29 is 14.2 Å². The second kappa shape index (κ2) is 13.4.